The largest absolute Gasteiger partial charge is 0.507 e. The van der Waals surface area contributed by atoms with Gasteiger partial charge in [-0.2, -0.15) is 5.26 Å². The number of hydrogen-bond donors (Lipinski definition) is 4. The topological polar surface area (TPSA) is 174 Å². The summed E-state index contributed by atoms with van der Waals surface area (Å²) in [5.41, 5.74) is 5.22. The van der Waals surface area contributed by atoms with E-state index in [1.165, 1.54) is 24.8 Å². The second kappa shape index (κ2) is 14.4. The average Bonchev–Trinajstić information content (AvgIpc) is 3.57. The third-order valence-corrected chi connectivity index (χ3v) is 12.4. The molecular weight excluding hydrogens is 889 g/mol. The monoisotopic (exact) mass is 930 g/mol. The number of aromatic hydroxyl groups is 2. The number of nitrogens with zero attached hydrogens (tertiary/aromatic N) is 3. The van der Waals surface area contributed by atoms with Crippen molar-refractivity contribution >= 4 is 29.5 Å². The maximum Gasteiger partial charge on any atom is 0.329 e. The van der Waals surface area contributed by atoms with E-state index < -0.39 is 59.3 Å². The number of carbonyl (C=O) groups is 3. The van der Waals surface area contributed by atoms with Crippen LogP contribution in [0.3, 0.4) is 0 Å². The van der Waals surface area contributed by atoms with Crippen molar-refractivity contribution in [2.45, 2.75) is 88.6 Å². The predicted molar refractivity (Wildman–Crippen MR) is 183 cm³/mol. The van der Waals surface area contributed by atoms with E-state index in [0.29, 0.717) is 34.6 Å². The van der Waals surface area contributed by atoms with Crippen LogP contribution in [-0.2, 0) is 25.5 Å². The molecule has 2 unspecified atom stereocenters. The van der Waals surface area contributed by atoms with Crippen LogP contribution in [0.2, 0.25) is 0 Å². The molecular formula is C36H41AcN5O8S. The van der Waals surface area contributed by atoms with Gasteiger partial charge in [0.2, 0.25) is 18.6 Å². The molecule has 4 bridgehead atoms. The van der Waals surface area contributed by atoms with Crippen molar-refractivity contribution in [2.75, 3.05) is 26.2 Å². The van der Waals surface area contributed by atoms with E-state index in [1.54, 1.807) is 19.9 Å². The number of allylic oxidation sites excluding steroid dienone is 1. The Bertz CT molecular complexity index is 1880. The summed E-state index contributed by atoms with van der Waals surface area (Å²) >= 11 is 1.36. The number of esters is 1. The summed E-state index contributed by atoms with van der Waals surface area (Å²) in [6.07, 6.45) is 3.40. The number of carbonyl (C=O) groups excluding carboxylic acids is 3. The molecule has 2 saturated heterocycles. The zero-order valence-electron chi connectivity index (χ0n) is 29.4. The smallest absolute Gasteiger partial charge is 0.329 e. The maximum absolute atomic E-state index is 13.7. The first-order valence-corrected chi connectivity index (χ1v) is 17.8. The zero-order chi connectivity index (χ0) is 35.8. The van der Waals surface area contributed by atoms with Gasteiger partial charge in [0, 0.05) is 84.2 Å². The number of aryl methyl sites for hydroxylation is 1. The van der Waals surface area contributed by atoms with E-state index >= 15 is 0 Å². The number of thioether (sulfide) groups is 1. The first kappa shape index (κ1) is 37.7. The molecule has 2 aromatic rings. The summed E-state index contributed by atoms with van der Waals surface area (Å²) in [6.45, 7) is 8.59. The number of benzene rings is 2. The number of hydrogen-bond acceptors (Lipinski definition) is 12. The van der Waals surface area contributed by atoms with Crippen molar-refractivity contribution in [3.05, 3.63) is 57.2 Å². The quantitative estimate of drug-likeness (QED) is 0.262. The Labute approximate surface area is 336 Å². The second-order valence-electron chi connectivity index (χ2n) is 13.7. The van der Waals surface area contributed by atoms with Crippen LogP contribution in [0.4, 0.5) is 0 Å². The standard InChI is InChI=1S/C36H41N5O8S.Ac/c1-7-8-24(42)38-18(5)35(45)39-20-13-50-34-27-26(33-32(48-14-49-33)17(4)31(27)44)23(12-47-36(20)46)41-22(11-37)21-10-19-9-15(2)16(3)30(43)25(19)28(29(34)41)40(21)6;/h7-9,18,20-23,28-29,34,43-44H,10,12-14H2,1-6H3,(H,38,42)(H,39,45);/b8-7+;/t18?,20-,21-,22-,23-,28+,29?,34+;/m0./s1. The third-order valence-electron chi connectivity index (χ3n) is 11.0. The van der Waals surface area contributed by atoms with Crippen molar-refractivity contribution in [2.24, 2.45) is 0 Å². The molecule has 6 aliphatic rings. The molecule has 13 nitrogen and oxygen atoms in total. The van der Waals surface area contributed by atoms with Crippen LogP contribution in [-0.4, -0.2) is 94.2 Å². The Hall–Kier alpha value is -3.01. The fourth-order valence-electron chi connectivity index (χ4n) is 8.45. The van der Waals surface area contributed by atoms with Gasteiger partial charge < -0.3 is 35.1 Å². The summed E-state index contributed by atoms with van der Waals surface area (Å²) < 4.78 is 17.9. The van der Waals surface area contributed by atoms with E-state index in [-0.39, 0.29) is 80.8 Å². The molecule has 15 heteroatoms. The van der Waals surface area contributed by atoms with E-state index in [9.17, 15) is 29.9 Å². The maximum atomic E-state index is 13.7. The number of amides is 2. The van der Waals surface area contributed by atoms with Crippen LogP contribution in [0, 0.1) is 76.2 Å². The minimum Gasteiger partial charge on any atom is -0.507 e. The number of phenolic OH excluding ortho intramolecular Hbond substituents is 2. The summed E-state index contributed by atoms with van der Waals surface area (Å²) in [5.74, 6) is -0.512. The summed E-state index contributed by atoms with van der Waals surface area (Å²) in [5, 5.41) is 39.4. The minimum absolute atomic E-state index is 0. The molecule has 8 atom stereocenters. The van der Waals surface area contributed by atoms with Crippen molar-refractivity contribution < 1.29 is 82.9 Å². The van der Waals surface area contributed by atoms with Crippen molar-refractivity contribution in [1.29, 1.82) is 5.26 Å². The number of rotatable bonds is 4. The average molecular weight is 931 g/mol. The number of piperazine rings is 1. The van der Waals surface area contributed by atoms with Crippen LogP contribution >= 0.6 is 11.8 Å². The fourth-order valence-corrected chi connectivity index (χ4v) is 9.96. The molecule has 0 spiro atoms. The van der Waals surface area contributed by atoms with Crippen molar-refractivity contribution in [3.63, 3.8) is 0 Å². The van der Waals surface area contributed by atoms with Gasteiger partial charge in [-0.15, -0.1) is 11.8 Å². The molecule has 0 aliphatic carbocycles. The zero-order valence-corrected chi connectivity index (χ0v) is 34.9. The van der Waals surface area contributed by atoms with E-state index in [1.807, 2.05) is 20.9 Å². The molecule has 2 fully saturated rings. The molecule has 8 rings (SSSR count). The van der Waals surface area contributed by atoms with E-state index in [4.69, 9.17) is 14.2 Å². The molecule has 1 radical (unpaired) electrons. The Morgan fingerprint density at radius 1 is 1.10 bits per heavy atom. The van der Waals surface area contributed by atoms with Crippen molar-refractivity contribution in [3.8, 4) is 29.1 Å². The molecule has 267 valence electrons. The Morgan fingerprint density at radius 2 is 1.80 bits per heavy atom. The number of fused-ring (bicyclic) bond motifs is 10. The minimum atomic E-state index is -1.08. The number of ether oxygens (including phenoxy) is 3. The third kappa shape index (κ3) is 5.99. The van der Waals surface area contributed by atoms with Gasteiger partial charge in [-0.05, 0) is 70.9 Å². The molecule has 2 aromatic carbocycles. The first-order chi connectivity index (χ1) is 23.9. The van der Waals surface area contributed by atoms with Crippen LogP contribution in [0.15, 0.2) is 18.2 Å². The van der Waals surface area contributed by atoms with E-state index in [0.717, 1.165) is 22.3 Å². The molecule has 51 heavy (non-hydrogen) atoms. The summed E-state index contributed by atoms with van der Waals surface area (Å²) in [6, 6.07) is 0.128. The number of likely N-dealkylation sites (N-methyl/N-ethyl adjacent to an activating group) is 1. The van der Waals surface area contributed by atoms with E-state index in [2.05, 4.69) is 32.6 Å². The molecule has 6 heterocycles. The van der Waals surface area contributed by atoms with Crippen LogP contribution < -0.4 is 20.1 Å². The number of nitriles is 1. The Kier molecular flexibility index (Phi) is 10.7. The van der Waals surface area contributed by atoms with Crippen molar-refractivity contribution in [1.82, 2.24) is 20.4 Å². The normalized spacial score (nSPS) is 28.3. The Balaban J connectivity index is 0.00000448. The van der Waals surface area contributed by atoms with Gasteiger partial charge in [-0.1, -0.05) is 12.1 Å². The Morgan fingerprint density at radius 3 is 2.51 bits per heavy atom. The SMILES string of the molecule is C/C=C/C(=O)NC(C)C(=O)N[C@H]1CS[C@@H]2c3c(O)c(C)c4c(c3[C@H](COC1=O)N1C2[C@H]2c3c(cc(C)c(C)c3O)C[C@@H]([C@@H]1C#N)N2C)OCO4.[Ac]. The summed E-state index contributed by atoms with van der Waals surface area (Å²) in [4.78, 5) is 43.4. The summed E-state index contributed by atoms with van der Waals surface area (Å²) in [7, 11) is 1.98. The molecule has 0 saturated carbocycles. The van der Waals surface area contributed by atoms with Gasteiger partial charge in [0.1, 0.15) is 36.2 Å². The molecule has 0 aromatic heterocycles. The van der Waals surface area contributed by atoms with Crippen LogP contribution in [0.25, 0.3) is 0 Å². The van der Waals surface area contributed by atoms with Gasteiger partial charge in [-0.3, -0.25) is 19.4 Å². The molecule has 2 amide bonds. The number of nitrogens with one attached hydrogen (secondary N) is 2. The fraction of sp³-hybridized carbons (Fsp3) is 0.500. The second-order valence-corrected chi connectivity index (χ2v) is 14.9. The van der Waals surface area contributed by atoms with Gasteiger partial charge in [-0.25, -0.2) is 4.79 Å². The van der Waals surface area contributed by atoms with Gasteiger partial charge in [0.15, 0.2) is 11.5 Å². The van der Waals surface area contributed by atoms with Gasteiger partial charge in [0.25, 0.3) is 0 Å². The molecule has 4 N–H and O–H groups in total. The number of phenols is 2. The van der Waals surface area contributed by atoms with Crippen LogP contribution in [0.1, 0.15) is 70.1 Å². The molecule has 6 aliphatic heterocycles. The van der Waals surface area contributed by atoms with Gasteiger partial charge in [0.05, 0.1) is 23.4 Å². The predicted octanol–water partition coefficient (Wildman–Crippen LogP) is 2.88. The van der Waals surface area contributed by atoms with Gasteiger partial charge >= 0.3 is 5.97 Å². The van der Waals surface area contributed by atoms with Crippen LogP contribution in [0.5, 0.6) is 23.0 Å². The first-order valence-electron chi connectivity index (χ1n) is 16.8.